The van der Waals surface area contributed by atoms with E-state index < -0.39 is 17.7 Å². The van der Waals surface area contributed by atoms with Gasteiger partial charge >= 0.3 is 5.97 Å². The first-order valence-corrected chi connectivity index (χ1v) is 13.0. The van der Waals surface area contributed by atoms with Crippen LogP contribution in [0.5, 0.6) is 0 Å². The molecule has 198 valence electrons. The van der Waals surface area contributed by atoms with E-state index in [0.717, 1.165) is 39.0 Å². The van der Waals surface area contributed by atoms with Crippen molar-refractivity contribution in [3.8, 4) is 0 Å². The van der Waals surface area contributed by atoms with Crippen molar-refractivity contribution in [2.45, 2.75) is 51.7 Å². The molecule has 3 rings (SSSR count). The molecule has 37 heavy (non-hydrogen) atoms. The third-order valence-electron chi connectivity index (χ3n) is 5.98. The average Bonchev–Trinajstić information content (AvgIpc) is 2.93. The number of carboxylic acids is 1. The third-order valence-corrected chi connectivity index (χ3v) is 5.98. The first-order valence-electron chi connectivity index (χ1n) is 13.0. The molecule has 0 aromatic heterocycles. The number of aliphatic hydroxyl groups is 1. The maximum atomic E-state index is 10.2. The third kappa shape index (κ3) is 9.96. The van der Waals surface area contributed by atoms with Crippen LogP contribution in [-0.4, -0.2) is 35.9 Å². The SMILES string of the molecule is CCCCOC(CCNCC=C(C)C)(c1ccccc1)c1ccccc1.O=C(O)C(O)c1ccccc1. The molecule has 0 aliphatic rings. The van der Waals surface area contributed by atoms with Gasteiger partial charge in [-0.25, -0.2) is 4.79 Å². The Morgan fingerprint density at radius 2 is 1.43 bits per heavy atom. The van der Waals surface area contributed by atoms with Gasteiger partial charge in [-0.2, -0.15) is 0 Å². The summed E-state index contributed by atoms with van der Waals surface area (Å²) in [4.78, 5) is 10.2. The van der Waals surface area contributed by atoms with Crippen LogP contribution >= 0.6 is 0 Å². The number of unbranched alkanes of at least 4 members (excludes halogenated alkanes) is 1. The van der Waals surface area contributed by atoms with Crippen LogP contribution in [0.1, 0.15) is 62.8 Å². The zero-order chi connectivity index (χ0) is 26.9. The van der Waals surface area contributed by atoms with Crippen molar-refractivity contribution in [2.75, 3.05) is 19.7 Å². The van der Waals surface area contributed by atoms with Crippen LogP contribution in [0.25, 0.3) is 0 Å². The number of rotatable bonds is 13. The van der Waals surface area contributed by atoms with Crippen molar-refractivity contribution in [2.24, 2.45) is 0 Å². The molecular formula is C32H41NO4. The summed E-state index contributed by atoms with van der Waals surface area (Å²) in [6.07, 6.45) is 3.94. The van der Waals surface area contributed by atoms with Gasteiger partial charge in [-0.15, -0.1) is 0 Å². The zero-order valence-corrected chi connectivity index (χ0v) is 22.3. The van der Waals surface area contributed by atoms with Gasteiger partial charge in [-0.05, 0) is 49.9 Å². The number of benzene rings is 3. The topological polar surface area (TPSA) is 78.8 Å². The second kappa shape index (κ2) is 16.5. The molecule has 0 bridgehead atoms. The summed E-state index contributed by atoms with van der Waals surface area (Å²) in [5.74, 6) is -1.23. The molecule has 5 nitrogen and oxygen atoms in total. The van der Waals surface area contributed by atoms with Crippen molar-refractivity contribution < 1.29 is 19.7 Å². The van der Waals surface area contributed by atoms with Gasteiger partial charge in [-0.1, -0.05) is 116 Å². The van der Waals surface area contributed by atoms with E-state index in [0.29, 0.717) is 5.56 Å². The predicted octanol–water partition coefficient (Wildman–Crippen LogP) is 6.50. The summed E-state index contributed by atoms with van der Waals surface area (Å²) >= 11 is 0. The summed E-state index contributed by atoms with van der Waals surface area (Å²) in [6, 6.07) is 29.6. The summed E-state index contributed by atoms with van der Waals surface area (Å²) in [5.41, 5.74) is 3.79. The molecule has 3 aromatic carbocycles. The smallest absolute Gasteiger partial charge is 0.337 e. The number of carboxylic acid groups (broad SMARTS) is 1. The summed E-state index contributed by atoms with van der Waals surface area (Å²) in [6.45, 7) is 9.05. The predicted molar refractivity (Wildman–Crippen MR) is 150 cm³/mol. The normalized spacial score (nSPS) is 11.7. The minimum Gasteiger partial charge on any atom is -0.479 e. The van der Waals surface area contributed by atoms with Crippen molar-refractivity contribution in [1.29, 1.82) is 0 Å². The van der Waals surface area contributed by atoms with Gasteiger partial charge in [-0.3, -0.25) is 0 Å². The van der Waals surface area contributed by atoms with Crippen molar-refractivity contribution in [3.05, 3.63) is 119 Å². The van der Waals surface area contributed by atoms with Crippen LogP contribution in [0, 0.1) is 0 Å². The highest BCUT2D eigenvalue weighted by molar-refractivity contribution is 5.73. The maximum Gasteiger partial charge on any atom is 0.337 e. The standard InChI is InChI=1S/C24H33NO.C8H8O3/c1-4-5-20-26-24(22-12-8-6-9-13-22,23-14-10-7-11-15-23)17-19-25-18-16-21(2)3;9-7(8(10)11)6-4-2-1-3-5-6/h6-16,25H,4-5,17-20H2,1-3H3;1-5,7,9H,(H,10,11). The molecule has 3 N–H and O–H groups in total. The molecule has 0 fully saturated rings. The highest BCUT2D eigenvalue weighted by Gasteiger charge is 2.34. The van der Waals surface area contributed by atoms with Gasteiger partial charge in [0.05, 0.1) is 0 Å². The lowest BCUT2D eigenvalue weighted by molar-refractivity contribution is -0.146. The lowest BCUT2D eigenvalue weighted by atomic mass is 9.83. The Morgan fingerprint density at radius 1 is 0.919 bits per heavy atom. The van der Waals surface area contributed by atoms with Crippen LogP contribution < -0.4 is 5.32 Å². The van der Waals surface area contributed by atoms with Crippen molar-refractivity contribution in [3.63, 3.8) is 0 Å². The molecular weight excluding hydrogens is 462 g/mol. The van der Waals surface area contributed by atoms with Crippen LogP contribution in [0.4, 0.5) is 0 Å². The number of aliphatic hydroxyl groups excluding tert-OH is 1. The van der Waals surface area contributed by atoms with Crippen molar-refractivity contribution >= 4 is 5.97 Å². The number of hydrogen-bond acceptors (Lipinski definition) is 4. The van der Waals surface area contributed by atoms with Crippen LogP contribution in [0.3, 0.4) is 0 Å². The Bertz CT molecular complexity index is 1010. The molecule has 0 aliphatic heterocycles. The van der Waals surface area contributed by atoms with Crippen LogP contribution in [0.15, 0.2) is 103 Å². The Kier molecular flexibility index (Phi) is 13.4. The minimum absolute atomic E-state index is 0.403. The zero-order valence-electron chi connectivity index (χ0n) is 22.3. The van der Waals surface area contributed by atoms with Crippen LogP contribution in [-0.2, 0) is 15.1 Å². The number of hydrogen-bond donors (Lipinski definition) is 3. The highest BCUT2D eigenvalue weighted by Crippen LogP contribution is 2.37. The minimum atomic E-state index is -1.41. The molecule has 0 amide bonds. The van der Waals surface area contributed by atoms with E-state index in [1.165, 1.54) is 16.7 Å². The summed E-state index contributed by atoms with van der Waals surface area (Å²) in [7, 11) is 0. The lowest BCUT2D eigenvalue weighted by Crippen LogP contribution is -2.35. The van der Waals surface area contributed by atoms with Gasteiger partial charge < -0.3 is 20.3 Å². The average molecular weight is 504 g/mol. The van der Waals surface area contributed by atoms with Gasteiger partial charge in [0.1, 0.15) is 5.60 Å². The fourth-order valence-corrected chi connectivity index (χ4v) is 3.92. The summed E-state index contributed by atoms with van der Waals surface area (Å²) in [5, 5.41) is 20.9. The number of ether oxygens (including phenoxy) is 1. The largest absolute Gasteiger partial charge is 0.479 e. The monoisotopic (exact) mass is 503 g/mol. The molecule has 0 radical (unpaired) electrons. The van der Waals surface area contributed by atoms with Gasteiger partial charge in [0, 0.05) is 13.2 Å². The molecule has 3 aromatic rings. The molecule has 0 heterocycles. The highest BCUT2D eigenvalue weighted by atomic mass is 16.5. The number of allylic oxidation sites excluding steroid dienone is 1. The lowest BCUT2D eigenvalue weighted by Gasteiger charge is -2.35. The molecule has 5 heteroatoms. The summed E-state index contributed by atoms with van der Waals surface area (Å²) < 4.78 is 6.61. The van der Waals surface area contributed by atoms with Crippen molar-refractivity contribution in [1.82, 2.24) is 5.32 Å². The van der Waals surface area contributed by atoms with E-state index in [9.17, 15) is 4.79 Å². The van der Waals surface area contributed by atoms with E-state index in [-0.39, 0.29) is 0 Å². The molecule has 1 unspecified atom stereocenters. The molecule has 0 spiro atoms. The van der Waals surface area contributed by atoms with E-state index in [1.807, 2.05) is 0 Å². The second-order valence-electron chi connectivity index (χ2n) is 9.15. The first kappa shape index (κ1) is 30.0. The van der Waals surface area contributed by atoms with Crippen LogP contribution in [0.2, 0.25) is 0 Å². The Hall–Kier alpha value is -3.25. The molecule has 0 saturated carbocycles. The Labute approximate surface area is 221 Å². The quantitative estimate of drug-likeness (QED) is 0.183. The van der Waals surface area contributed by atoms with E-state index in [2.05, 4.69) is 92.8 Å². The van der Waals surface area contributed by atoms with E-state index in [1.54, 1.807) is 30.3 Å². The molecule has 0 aliphatic carbocycles. The molecule has 0 saturated heterocycles. The Balaban J connectivity index is 0.000000364. The maximum absolute atomic E-state index is 10.2. The number of aliphatic carboxylic acids is 1. The fraction of sp³-hybridized carbons (Fsp3) is 0.344. The van der Waals surface area contributed by atoms with Gasteiger partial charge in [0.2, 0.25) is 0 Å². The van der Waals surface area contributed by atoms with E-state index >= 15 is 0 Å². The first-order chi connectivity index (χ1) is 17.9. The van der Waals surface area contributed by atoms with Gasteiger partial charge in [0.15, 0.2) is 6.10 Å². The number of carbonyl (C=O) groups is 1. The molecule has 1 atom stereocenters. The number of nitrogens with one attached hydrogen (secondary N) is 1. The van der Waals surface area contributed by atoms with Gasteiger partial charge in [0.25, 0.3) is 0 Å². The Morgan fingerprint density at radius 3 is 1.89 bits per heavy atom. The second-order valence-corrected chi connectivity index (χ2v) is 9.15. The van der Waals surface area contributed by atoms with E-state index in [4.69, 9.17) is 14.9 Å². The fourth-order valence-electron chi connectivity index (χ4n) is 3.92.